The molecular formula is C23H18BrF2N7O5S2. The van der Waals surface area contributed by atoms with Gasteiger partial charge in [-0.25, -0.2) is 18.4 Å². The minimum Gasteiger partial charge on any atom is -0.493 e. The maximum Gasteiger partial charge on any atom is 0.295 e. The normalized spacial score (nSPS) is 13.2. The average Bonchev–Trinajstić information content (AvgIpc) is 3.70. The van der Waals surface area contributed by atoms with E-state index in [4.69, 9.17) is 9.47 Å². The molecule has 40 heavy (non-hydrogen) atoms. The van der Waals surface area contributed by atoms with Crippen LogP contribution < -0.4 is 9.47 Å². The molecule has 0 spiro atoms. The highest BCUT2D eigenvalue weighted by Gasteiger charge is 2.35. The number of ether oxygens (including phenoxy) is 2. The molecule has 3 aromatic heterocycles. The first kappa shape index (κ1) is 27.8. The van der Waals surface area contributed by atoms with Gasteiger partial charge >= 0.3 is 0 Å². The third-order valence-corrected chi connectivity index (χ3v) is 9.33. The van der Waals surface area contributed by atoms with E-state index in [9.17, 15) is 22.3 Å². The Labute approximate surface area is 238 Å². The van der Waals surface area contributed by atoms with Crippen molar-refractivity contribution in [1.29, 1.82) is 0 Å². The van der Waals surface area contributed by atoms with Crippen molar-refractivity contribution in [2.45, 2.75) is 16.4 Å². The molecule has 1 unspecified atom stereocenters. The fourth-order valence-corrected chi connectivity index (χ4v) is 7.06. The summed E-state index contributed by atoms with van der Waals surface area (Å²) in [5.74, 6) is -1.58. The zero-order valence-corrected chi connectivity index (χ0v) is 23.6. The van der Waals surface area contributed by atoms with Gasteiger partial charge in [-0.1, -0.05) is 6.07 Å². The highest BCUT2D eigenvalue weighted by molar-refractivity contribution is 9.11. The van der Waals surface area contributed by atoms with E-state index >= 15 is 0 Å². The summed E-state index contributed by atoms with van der Waals surface area (Å²) in [6, 6.07) is 10.2. The van der Waals surface area contributed by atoms with E-state index in [1.165, 1.54) is 48.7 Å². The zero-order chi connectivity index (χ0) is 28.5. The van der Waals surface area contributed by atoms with Crippen LogP contribution in [0.25, 0.3) is 11.4 Å². The molecule has 1 N–H and O–H groups in total. The van der Waals surface area contributed by atoms with Gasteiger partial charge in [-0.3, -0.25) is 0 Å². The number of hydrogen-bond acceptors (Lipinski definition) is 11. The lowest BCUT2D eigenvalue weighted by molar-refractivity contribution is -0.0302. The van der Waals surface area contributed by atoms with Crippen LogP contribution in [-0.2, 0) is 22.2 Å². The summed E-state index contributed by atoms with van der Waals surface area (Å²) < 4.78 is 68.4. The molecule has 0 aliphatic carbocycles. The molecule has 0 saturated carbocycles. The van der Waals surface area contributed by atoms with Crippen molar-refractivity contribution < 1.29 is 31.8 Å². The summed E-state index contributed by atoms with van der Waals surface area (Å²) in [6.45, 7) is -0.758. The molecule has 0 amide bonds. The molecule has 5 rings (SSSR count). The van der Waals surface area contributed by atoms with E-state index < -0.39 is 33.9 Å². The molecule has 3 heterocycles. The van der Waals surface area contributed by atoms with E-state index in [2.05, 4.69) is 41.5 Å². The van der Waals surface area contributed by atoms with Gasteiger partial charge in [-0.05, 0) is 62.8 Å². The maximum absolute atomic E-state index is 14.7. The molecule has 0 radical (unpaired) electrons. The molecule has 0 fully saturated rings. The Morgan fingerprint density at radius 3 is 2.62 bits per heavy atom. The maximum atomic E-state index is 14.7. The molecule has 12 nitrogen and oxygen atoms in total. The molecule has 208 valence electrons. The summed E-state index contributed by atoms with van der Waals surface area (Å²) in [4.78, 5) is 3.82. The highest BCUT2D eigenvalue weighted by atomic mass is 79.9. The van der Waals surface area contributed by atoms with Crippen molar-refractivity contribution in [2.24, 2.45) is 0 Å². The van der Waals surface area contributed by atoms with Crippen LogP contribution in [0.3, 0.4) is 0 Å². The third-order valence-electron chi connectivity index (χ3n) is 5.68. The molecular weight excluding hydrogens is 636 g/mol. The number of halogens is 3. The van der Waals surface area contributed by atoms with Crippen LogP contribution in [0.2, 0.25) is 0 Å². The summed E-state index contributed by atoms with van der Waals surface area (Å²) in [7, 11) is -2.73. The Bertz CT molecular complexity index is 1760. The van der Waals surface area contributed by atoms with Gasteiger partial charge in [0.25, 0.3) is 10.0 Å². The number of rotatable bonds is 10. The van der Waals surface area contributed by atoms with E-state index in [0.29, 0.717) is 13.9 Å². The van der Waals surface area contributed by atoms with Gasteiger partial charge in [0.1, 0.15) is 40.7 Å². The third kappa shape index (κ3) is 5.45. The van der Waals surface area contributed by atoms with Crippen LogP contribution >= 0.6 is 27.3 Å². The van der Waals surface area contributed by atoms with Crippen molar-refractivity contribution in [3.8, 4) is 22.9 Å². The van der Waals surface area contributed by atoms with Crippen LogP contribution in [0, 0.1) is 11.6 Å². The number of nitrogens with zero attached hydrogens (tertiary/aromatic N) is 7. The number of methoxy groups -OCH3 is 1. The molecule has 0 bridgehead atoms. The minimum absolute atomic E-state index is 0.0273. The first-order chi connectivity index (χ1) is 19.1. The van der Waals surface area contributed by atoms with Gasteiger partial charge in [0.15, 0.2) is 17.3 Å². The Hall–Kier alpha value is -3.80. The fourth-order valence-electron chi connectivity index (χ4n) is 3.81. The lowest BCUT2D eigenvalue weighted by Gasteiger charge is -2.29. The summed E-state index contributed by atoms with van der Waals surface area (Å²) in [5.41, 5.74) is -1.93. The van der Waals surface area contributed by atoms with E-state index in [-0.39, 0.29) is 39.2 Å². The predicted molar refractivity (Wildman–Crippen MR) is 140 cm³/mol. The van der Waals surface area contributed by atoms with Crippen LogP contribution in [0.5, 0.6) is 11.5 Å². The number of aromatic nitrogens is 7. The first-order valence-electron chi connectivity index (χ1n) is 11.2. The van der Waals surface area contributed by atoms with E-state index in [1.54, 1.807) is 6.07 Å². The van der Waals surface area contributed by atoms with E-state index in [0.717, 1.165) is 23.5 Å². The molecule has 2 aromatic carbocycles. The quantitative estimate of drug-likeness (QED) is 0.238. The Balaban J connectivity index is 1.45. The van der Waals surface area contributed by atoms with Gasteiger partial charge in [0, 0.05) is 17.2 Å². The Kier molecular flexibility index (Phi) is 7.63. The van der Waals surface area contributed by atoms with Crippen LogP contribution in [0.4, 0.5) is 8.78 Å². The van der Waals surface area contributed by atoms with Crippen LogP contribution in [0.1, 0.15) is 5.56 Å². The predicted octanol–water partition coefficient (Wildman–Crippen LogP) is 3.25. The first-order valence-corrected chi connectivity index (χ1v) is 14.3. The minimum atomic E-state index is -4.09. The van der Waals surface area contributed by atoms with Crippen LogP contribution in [-0.4, -0.2) is 61.6 Å². The van der Waals surface area contributed by atoms with Crippen LogP contribution in [0.15, 0.2) is 69.2 Å². The second-order valence-corrected chi connectivity index (χ2v) is 12.8. The van der Waals surface area contributed by atoms with Gasteiger partial charge < -0.3 is 14.6 Å². The number of hydrogen-bond donors (Lipinski definition) is 1. The van der Waals surface area contributed by atoms with Crippen molar-refractivity contribution in [2.75, 3.05) is 13.7 Å². The summed E-state index contributed by atoms with van der Waals surface area (Å²) in [5, 5.41) is 26.5. The monoisotopic (exact) mass is 653 g/mol. The lowest BCUT2D eigenvalue weighted by atomic mass is 9.94. The number of thiophene rings is 1. The number of aliphatic hydroxyl groups is 1. The average molecular weight is 654 g/mol. The molecule has 0 saturated heterocycles. The molecule has 17 heteroatoms. The highest BCUT2D eigenvalue weighted by Crippen LogP contribution is 2.35. The van der Waals surface area contributed by atoms with E-state index in [1.807, 2.05) is 0 Å². The lowest BCUT2D eigenvalue weighted by Crippen LogP contribution is -2.39. The molecule has 1 atom stereocenters. The largest absolute Gasteiger partial charge is 0.493 e. The van der Waals surface area contributed by atoms with Crippen molar-refractivity contribution in [1.82, 2.24) is 34.4 Å². The molecule has 0 aliphatic heterocycles. The van der Waals surface area contributed by atoms with Crippen molar-refractivity contribution >= 4 is 37.3 Å². The Morgan fingerprint density at radius 1 is 1.12 bits per heavy atom. The van der Waals surface area contributed by atoms with Crippen molar-refractivity contribution in [3.05, 3.63) is 82.2 Å². The van der Waals surface area contributed by atoms with Gasteiger partial charge in [-0.15, -0.1) is 20.5 Å². The second-order valence-electron chi connectivity index (χ2n) is 8.31. The number of benzene rings is 2. The SMILES string of the molecule is COc1cc(-c2nnnn2S(=O)(=O)c2ccc(Br)s2)ccc1OCC(O)(Cn1cncn1)c1ccc(F)cc1F. The van der Waals surface area contributed by atoms with Gasteiger partial charge in [0.05, 0.1) is 17.4 Å². The smallest absolute Gasteiger partial charge is 0.295 e. The summed E-state index contributed by atoms with van der Waals surface area (Å²) >= 11 is 4.25. The number of tetrazole rings is 1. The van der Waals surface area contributed by atoms with Crippen molar-refractivity contribution in [3.63, 3.8) is 0 Å². The Morgan fingerprint density at radius 2 is 1.95 bits per heavy atom. The fraction of sp³-hybridized carbons (Fsp3) is 0.174. The topological polar surface area (TPSA) is 147 Å². The zero-order valence-electron chi connectivity index (χ0n) is 20.3. The van der Waals surface area contributed by atoms with Gasteiger partial charge in [-0.2, -0.15) is 13.5 Å². The van der Waals surface area contributed by atoms with Gasteiger partial charge in [0.2, 0.25) is 0 Å². The summed E-state index contributed by atoms with van der Waals surface area (Å²) in [6.07, 6.45) is 2.57. The molecule has 5 aromatic rings. The molecule has 0 aliphatic rings. The standard InChI is InChI=1S/C23H18BrF2N7O5S2/c1-37-19-8-14(22-29-30-31-33(22)40(35,36)21-7-6-20(24)39-21)2-5-18(19)38-11-23(34,10-32-13-27-12-28-32)16-4-3-15(25)9-17(16)26/h2-9,12-13,34H,10-11H2,1H3. The second kappa shape index (κ2) is 11.0.